The maximum Gasteiger partial charge on any atom is 0.326 e. The number of fused-ring (bicyclic) bond motifs is 1. The van der Waals surface area contributed by atoms with Crippen molar-refractivity contribution in [3.05, 3.63) is 54.2 Å². The first-order valence-corrected chi connectivity index (χ1v) is 5.66. The molecule has 1 aromatic carbocycles. The summed E-state index contributed by atoms with van der Waals surface area (Å²) in [6.45, 7) is 0.504. The molecular weight excluding hydrogens is 228 g/mol. The number of anilines is 1. The Balaban J connectivity index is 1.72. The van der Waals surface area contributed by atoms with Crippen molar-refractivity contribution >= 4 is 17.8 Å². The number of rotatable bonds is 1. The SMILES string of the molecule is O=C(Nc1ccccc1)N1C=Cc2nc[nH]c2C1. The molecule has 2 heterocycles. The summed E-state index contributed by atoms with van der Waals surface area (Å²) in [4.78, 5) is 20.8. The fourth-order valence-electron chi connectivity index (χ4n) is 1.84. The van der Waals surface area contributed by atoms with Crippen LogP contribution in [-0.4, -0.2) is 20.9 Å². The molecule has 2 N–H and O–H groups in total. The van der Waals surface area contributed by atoms with Crippen LogP contribution in [0.25, 0.3) is 6.08 Å². The lowest BCUT2D eigenvalue weighted by atomic mass is 10.2. The van der Waals surface area contributed by atoms with Gasteiger partial charge in [-0.15, -0.1) is 0 Å². The van der Waals surface area contributed by atoms with Gasteiger partial charge in [0.25, 0.3) is 0 Å². The molecule has 0 unspecified atom stereocenters. The first-order valence-electron chi connectivity index (χ1n) is 5.66. The lowest BCUT2D eigenvalue weighted by Crippen LogP contribution is -2.31. The van der Waals surface area contributed by atoms with Crippen LogP contribution in [0.5, 0.6) is 0 Å². The number of hydrogen-bond donors (Lipinski definition) is 2. The summed E-state index contributed by atoms with van der Waals surface area (Å²) in [5.74, 6) is 0. The van der Waals surface area contributed by atoms with Crippen molar-refractivity contribution in [1.82, 2.24) is 14.9 Å². The highest BCUT2D eigenvalue weighted by Crippen LogP contribution is 2.16. The summed E-state index contributed by atoms with van der Waals surface area (Å²) in [6, 6.07) is 9.23. The summed E-state index contributed by atoms with van der Waals surface area (Å²) in [5.41, 5.74) is 2.62. The molecule has 3 rings (SSSR count). The normalized spacial score (nSPS) is 13.2. The van der Waals surface area contributed by atoms with Crippen LogP contribution in [0.2, 0.25) is 0 Å². The van der Waals surface area contributed by atoms with Crippen LogP contribution in [-0.2, 0) is 6.54 Å². The van der Waals surface area contributed by atoms with Gasteiger partial charge in [-0.1, -0.05) is 18.2 Å². The molecule has 0 atom stereocenters. The monoisotopic (exact) mass is 240 g/mol. The molecule has 0 saturated heterocycles. The van der Waals surface area contributed by atoms with Gasteiger partial charge >= 0.3 is 6.03 Å². The molecule has 2 aromatic rings. The van der Waals surface area contributed by atoms with Crippen LogP contribution in [0.4, 0.5) is 10.5 Å². The van der Waals surface area contributed by atoms with Gasteiger partial charge in [0.05, 0.1) is 24.3 Å². The predicted molar refractivity (Wildman–Crippen MR) is 68.6 cm³/mol. The number of nitrogens with zero attached hydrogens (tertiary/aromatic N) is 2. The van der Waals surface area contributed by atoms with Gasteiger partial charge in [-0.05, 0) is 18.2 Å². The van der Waals surface area contributed by atoms with Gasteiger partial charge in [-0.3, -0.25) is 4.90 Å². The highest BCUT2D eigenvalue weighted by Gasteiger charge is 2.17. The summed E-state index contributed by atoms with van der Waals surface area (Å²) in [6.07, 6.45) is 5.19. The molecule has 1 aromatic heterocycles. The molecule has 5 heteroatoms. The molecule has 18 heavy (non-hydrogen) atoms. The molecule has 0 radical (unpaired) electrons. The van der Waals surface area contributed by atoms with E-state index in [4.69, 9.17) is 0 Å². The Morgan fingerprint density at radius 2 is 2.17 bits per heavy atom. The number of urea groups is 1. The lowest BCUT2D eigenvalue weighted by Gasteiger charge is -2.21. The minimum atomic E-state index is -0.155. The number of carbonyl (C=O) groups is 1. The first kappa shape index (κ1) is 10.6. The van der Waals surface area contributed by atoms with E-state index in [1.165, 1.54) is 0 Å². The molecule has 5 nitrogen and oxygen atoms in total. The number of para-hydroxylation sites is 1. The maximum absolute atomic E-state index is 12.0. The first-order chi connectivity index (χ1) is 8.83. The van der Waals surface area contributed by atoms with E-state index >= 15 is 0 Å². The second-order valence-corrected chi connectivity index (χ2v) is 4.01. The van der Waals surface area contributed by atoms with E-state index in [0.717, 1.165) is 17.1 Å². The van der Waals surface area contributed by atoms with Gasteiger partial charge in [0.15, 0.2) is 0 Å². The highest BCUT2D eigenvalue weighted by molar-refractivity contribution is 5.90. The number of nitrogens with one attached hydrogen (secondary N) is 2. The standard InChI is InChI=1S/C13H12N4O/c18-13(16-10-4-2-1-3-5-10)17-7-6-11-12(8-17)15-9-14-11/h1-7,9H,8H2,(H,14,15)(H,16,18). The van der Waals surface area contributed by atoms with Crippen LogP contribution in [0.1, 0.15) is 11.4 Å². The minimum Gasteiger partial charge on any atom is -0.346 e. The van der Waals surface area contributed by atoms with Gasteiger partial charge < -0.3 is 10.3 Å². The van der Waals surface area contributed by atoms with E-state index in [9.17, 15) is 4.79 Å². The Labute approximate surface area is 104 Å². The molecule has 0 saturated carbocycles. The van der Waals surface area contributed by atoms with Crippen LogP contribution >= 0.6 is 0 Å². The van der Waals surface area contributed by atoms with E-state index in [1.807, 2.05) is 36.4 Å². The third-order valence-corrected chi connectivity index (χ3v) is 2.78. The third-order valence-electron chi connectivity index (χ3n) is 2.78. The summed E-state index contributed by atoms with van der Waals surface area (Å²) < 4.78 is 0. The Bertz CT molecular complexity index is 588. The number of amides is 2. The number of benzene rings is 1. The summed E-state index contributed by atoms with van der Waals surface area (Å²) in [7, 11) is 0. The number of aromatic amines is 1. The van der Waals surface area contributed by atoms with Crippen molar-refractivity contribution in [2.75, 3.05) is 5.32 Å². The zero-order chi connectivity index (χ0) is 12.4. The van der Waals surface area contributed by atoms with Gasteiger partial charge in [0.1, 0.15) is 0 Å². The van der Waals surface area contributed by atoms with Crippen molar-refractivity contribution in [3.8, 4) is 0 Å². The lowest BCUT2D eigenvalue weighted by molar-refractivity contribution is 0.226. The minimum absolute atomic E-state index is 0.155. The molecule has 0 bridgehead atoms. The van der Waals surface area contributed by atoms with Gasteiger partial charge in [0.2, 0.25) is 0 Å². The van der Waals surface area contributed by atoms with Crippen molar-refractivity contribution in [2.24, 2.45) is 0 Å². The maximum atomic E-state index is 12.0. The Morgan fingerprint density at radius 1 is 1.33 bits per heavy atom. The number of aromatic nitrogens is 2. The van der Waals surface area contributed by atoms with Gasteiger partial charge in [-0.2, -0.15) is 0 Å². The van der Waals surface area contributed by atoms with E-state index in [2.05, 4.69) is 15.3 Å². The van der Waals surface area contributed by atoms with Gasteiger partial charge in [0, 0.05) is 11.9 Å². The number of carbonyl (C=O) groups excluding carboxylic acids is 1. The average molecular weight is 240 g/mol. The molecule has 0 spiro atoms. The molecule has 1 aliphatic rings. The molecule has 2 amide bonds. The quantitative estimate of drug-likeness (QED) is 0.804. The van der Waals surface area contributed by atoms with E-state index in [0.29, 0.717) is 6.54 Å². The topological polar surface area (TPSA) is 61.0 Å². The number of H-pyrrole nitrogens is 1. The fraction of sp³-hybridized carbons (Fsp3) is 0.0769. The second kappa shape index (κ2) is 4.37. The third kappa shape index (κ3) is 1.98. The largest absolute Gasteiger partial charge is 0.346 e. The number of imidazole rings is 1. The highest BCUT2D eigenvalue weighted by atomic mass is 16.2. The van der Waals surface area contributed by atoms with Crippen LogP contribution in [0.3, 0.4) is 0 Å². The smallest absolute Gasteiger partial charge is 0.326 e. The zero-order valence-corrected chi connectivity index (χ0v) is 9.63. The van der Waals surface area contributed by atoms with Gasteiger partial charge in [-0.25, -0.2) is 9.78 Å². The fourth-order valence-corrected chi connectivity index (χ4v) is 1.84. The van der Waals surface area contributed by atoms with Crippen molar-refractivity contribution < 1.29 is 4.79 Å². The summed E-state index contributed by atoms with van der Waals surface area (Å²) >= 11 is 0. The van der Waals surface area contributed by atoms with Crippen LogP contribution < -0.4 is 5.32 Å². The molecule has 1 aliphatic heterocycles. The van der Waals surface area contributed by atoms with Crippen LogP contribution in [0, 0.1) is 0 Å². The van der Waals surface area contributed by atoms with Crippen molar-refractivity contribution in [1.29, 1.82) is 0 Å². The van der Waals surface area contributed by atoms with E-state index in [1.54, 1.807) is 17.4 Å². The van der Waals surface area contributed by atoms with Crippen molar-refractivity contribution in [3.63, 3.8) is 0 Å². The van der Waals surface area contributed by atoms with E-state index in [-0.39, 0.29) is 6.03 Å². The Morgan fingerprint density at radius 3 is 3.00 bits per heavy atom. The molecule has 0 fully saturated rings. The van der Waals surface area contributed by atoms with E-state index < -0.39 is 0 Å². The zero-order valence-electron chi connectivity index (χ0n) is 9.63. The molecule has 90 valence electrons. The Hall–Kier alpha value is -2.56. The van der Waals surface area contributed by atoms with Crippen LogP contribution in [0.15, 0.2) is 42.9 Å². The predicted octanol–water partition coefficient (Wildman–Crippen LogP) is 2.43. The Kier molecular flexibility index (Phi) is 2.57. The average Bonchev–Trinajstić information content (AvgIpc) is 2.87. The number of hydrogen-bond acceptors (Lipinski definition) is 2. The molecule has 0 aliphatic carbocycles. The molecular formula is C13H12N4O. The summed E-state index contributed by atoms with van der Waals surface area (Å²) in [5, 5.41) is 2.84. The van der Waals surface area contributed by atoms with Crippen molar-refractivity contribution in [2.45, 2.75) is 6.54 Å². The second-order valence-electron chi connectivity index (χ2n) is 4.01.